The van der Waals surface area contributed by atoms with Crippen LogP contribution in [0.1, 0.15) is 90.3 Å². The summed E-state index contributed by atoms with van der Waals surface area (Å²) >= 11 is 0. The van der Waals surface area contributed by atoms with Crippen LogP contribution in [0.5, 0.6) is 0 Å². The van der Waals surface area contributed by atoms with Crippen molar-refractivity contribution in [3.63, 3.8) is 0 Å². The van der Waals surface area contributed by atoms with Gasteiger partial charge in [-0.15, -0.1) is 0 Å². The van der Waals surface area contributed by atoms with Crippen LogP contribution in [-0.4, -0.2) is 42.1 Å². The van der Waals surface area contributed by atoms with E-state index in [1.54, 1.807) is 0 Å². The highest BCUT2D eigenvalue weighted by Crippen LogP contribution is 2.65. The maximum atomic E-state index is 13.4. The summed E-state index contributed by atoms with van der Waals surface area (Å²) in [7, 11) is -0.504. The second kappa shape index (κ2) is 12.3. The predicted molar refractivity (Wildman–Crippen MR) is 172 cm³/mol. The van der Waals surface area contributed by atoms with Gasteiger partial charge in [0, 0.05) is 17.9 Å². The Morgan fingerprint density at radius 2 is 1.77 bits per heavy atom. The lowest BCUT2D eigenvalue weighted by Gasteiger charge is -2.64. The fraction of sp³-hybridized carbons (Fsp3) is 0.583. The molecule has 0 aromatic heterocycles. The Hall–Kier alpha value is -3.15. The van der Waals surface area contributed by atoms with E-state index in [1.807, 2.05) is 70.2 Å². The van der Waals surface area contributed by atoms with Gasteiger partial charge in [-0.3, -0.25) is 9.59 Å². The largest absolute Gasteiger partial charge is 0.482 e. The van der Waals surface area contributed by atoms with Crippen molar-refractivity contribution >= 4 is 18.9 Å². The molecule has 2 aromatic rings. The number of nitrogens with zero attached hydrogens (tertiary/aromatic N) is 1. The first-order valence-electron chi connectivity index (χ1n) is 16.2. The highest BCUT2D eigenvalue weighted by Gasteiger charge is 2.68. The van der Waals surface area contributed by atoms with E-state index < -0.39 is 18.6 Å². The summed E-state index contributed by atoms with van der Waals surface area (Å²) in [4.78, 5) is 26.2. The first-order valence-corrected chi connectivity index (χ1v) is 16.2. The lowest BCUT2D eigenvalue weighted by molar-refractivity contribution is -0.199. The number of benzene rings is 2. The molecule has 3 saturated carbocycles. The van der Waals surface area contributed by atoms with Gasteiger partial charge >= 0.3 is 7.12 Å². The Morgan fingerprint density at radius 1 is 1.07 bits per heavy atom. The summed E-state index contributed by atoms with van der Waals surface area (Å²) < 4.78 is 13.4. The maximum Gasteiger partial charge on any atom is 0.482 e. The molecule has 2 unspecified atom stereocenters. The molecular weight excluding hydrogens is 549 g/mol. The second-order valence-electron chi connectivity index (χ2n) is 15.1. The number of amides is 2. The monoisotopic (exact) mass is 597 g/mol. The average Bonchev–Trinajstić information content (AvgIpc) is 3.33. The Labute approximate surface area is 263 Å². The van der Waals surface area contributed by atoms with E-state index in [0.717, 1.165) is 23.1 Å². The molecule has 7 atom stereocenters. The molecule has 3 aliphatic carbocycles. The van der Waals surface area contributed by atoms with E-state index in [-0.39, 0.29) is 40.8 Å². The summed E-state index contributed by atoms with van der Waals surface area (Å²) in [6.45, 7) is 14.5. The van der Waals surface area contributed by atoms with Gasteiger partial charge in [-0.1, -0.05) is 75.4 Å². The first kappa shape index (κ1) is 32.3. The smallest absolute Gasteiger partial charge is 0.404 e. The third kappa shape index (κ3) is 6.60. The van der Waals surface area contributed by atoms with Crippen LogP contribution in [0, 0.1) is 34.5 Å². The van der Waals surface area contributed by atoms with Crippen LogP contribution in [0.25, 0.3) is 0 Å². The van der Waals surface area contributed by atoms with E-state index in [1.165, 1.54) is 6.42 Å². The fourth-order valence-electron chi connectivity index (χ4n) is 7.76. The van der Waals surface area contributed by atoms with Crippen LogP contribution in [-0.2, 0) is 31.7 Å². The van der Waals surface area contributed by atoms with Crippen molar-refractivity contribution in [2.24, 2.45) is 23.2 Å². The SMILES string of the molecule is CC(c1cccc(CCC(=O)N[C@@H](Cc2ccccc2)B2O[C@@H]3C[C@@H]4C[C@@H](C4(C)C)[C@]3(C)O2)c1)C(C#N)C(=O)NC(C)(C)C. The van der Waals surface area contributed by atoms with Crippen LogP contribution in [0.15, 0.2) is 54.6 Å². The molecule has 4 fully saturated rings. The number of nitriles is 1. The van der Waals surface area contributed by atoms with Gasteiger partial charge in [0.1, 0.15) is 5.92 Å². The number of aryl methyl sites for hydroxylation is 1. The second-order valence-corrected chi connectivity index (χ2v) is 15.1. The van der Waals surface area contributed by atoms with Gasteiger partial charge in [0.05, 0.1) is 23.7 Å². The molecule has 1 saturated heterocycles. The van der Waals surface area contributed by atoms with Gasteiger partial charge in [-0.25, -0.2) is 0 Å². The maximum absolute atomic E-state index is 13.4. The summed E-state index contributed by atoms with van der Waals surface area (Å²) in [6, 6.07) is 20.2. The highest BCUT2D eigenvalue weighted by atomic mass is 16.7. The molecule has 0 radical (unpaired) electrons. The molecule has 4 aliphatic rings. The lowest BCUT2D eigenvalue weighted by atomic mass is 9.43. The van der Waals surface area contributed by atoms with E-state index in [4.69, 9.17) is 9.31 Å². The number of hydrogen-bond donors (Lipinski definition) is 2. The summed E-state index contributed by atoms with van der Waals surface area (Å²) in [5.41, 5.74) is 2.51. The van der Waals surface area contributed by atoms with Gasteiger partial charge < -0.3 is 19.9 Å². The summed E-state index contributed by atoms with van der Waals surface area (Å²) in [6.07, 6.45) is 3.70. The van der Waals surface area contributed by atoms with Crippen LogP contribution in [0.3, 0.4) is 0 Å². The normalized spacial score (nSPS) is 27.2. The third-order valence-electron chi connectivity index (χ3n) is 10.5. The van der Waals surface area contributed by atoms with Crippen molar-refractivity contribution in [2.45, 2.75) is 110 Å². The van der Waals surface area contributed by atoms with Crippen LogP contribution in [0.2, 0.25) is 0 Å². The molecule has 2 aromatic carbocycles. The molecular formula is C36H48BN3O4. The van der Waals surface area contributed by atoms with Crippen molar-refractivity contribution in [2.75, 3.05) is 0 Å². The zero-order chi connectivity index (χ0) is 31.9. The number of carbonyl (C=O) groups excluding carboxylic acids is 2. The Morgan fingerprint density at radius 3 is 2.43 bits per heavy atom. The molecule has 6 rings (SSSR count). The number of rotatable bonds is 10. The number of carbonyl (C=O) groups is 2. The minimum absolute atomic E-state index is 0.0481. The van der Waals surface area contributed by atoms with Gasteiger partial charge in [-0.2, -0.15) is 5.26 Å². The number of hydrogen-bond acceptors (Lipinski definition) is 5. The van der Waals surface area contributed by atoms with E-state index >= 15 is 0 Å². The fourth-order valence-corrected chi connectivity index (χ4v) is 7.76. The standard InChI is InChI=1S/C36H48BN3O4/c1-23(28(22-38)33(42)40-34(2,3)4)26-15-11-14-25(18-26)16-17-32(41)39-31(19-24-12-9-8-10-13-24)37-43-30-21-27-20-29(35(27,5)6)36(30,7)44-37/h8-15,18,23,27-31H,16-17,19-21H2,1-7H3,(H,39,41)(H,40,42)/t23?,27-,28?,29-,30+,31-,36-/m0/s1. The van der Waals surface area contributed by atoms with Crippen molar-refractivity contribution < 1.29 is 18.9 Å². The van der Waals surface area contributed by atoms with Gasteiger partial charge in [0.2, 0.25) is 11.8 Å². The van der Waals surface area contributed by atoms with E-state index in [9.17, 15) is 14.9 Å². The van der Waals surface area contributed by atoms with Gasteiger partial charge in [-0.05, 0) is 87.3 Å². The third-order valence-corrected chi connectivity index (χ3v) is 10.5. The van der Waals surface area contributed by atoms with Crippen LogP contribution < -0.4 is 10.6 Å². The molecule has 1 heterocycles. The lowest BCUT2D eigenvalue weighted by Crippen LogP contribution is -2.65. The molecule has 8 heteroatoms. The van der Waals surface area contributed by atoms with Gasteiger partial charge in [0.25, 0.3) is 0 Å². The minimum Gasteiger partial charge on any atom is -0.404 e. The quantitative estimate of drug-likeness (QED) is 0.339. The summed E-state index contributed by atoms with van der Waals surface area (Å²) in [5, 5.41) is 16.0. The summed E-state index contributed by atoms with van der Waals surface area (Å²) in [5.74, 6) is -0.620. The number of nitrogens with one attached hydrogen (secondary N) is 2. The Bertz CT molecular complexity index is 1400. The van der Waals surface area contributed by atoms with Crippen LogP contribution in [0.4, 0.5) is 0 Å². The molecule has 7 nitrogen and oxygen atoms in total. The molecule has 2 bridgehead atoms. The highest BCUT2D eigenvalue weighted by molar-refractivity contribution is 6.48. The molecule has 2 amide bonds. The molecule has 234 valence electrons. The van der Waals surface area contributed by atoms with Crippen molar-refractivity contribution in [3.05, 3.63) is 71.3 Å². The molecule has 0 spiro atoms. The topological polar surface area (TPSA) is 100 Å². The van der Waals surface area contributed by atoms with Crippen LogP contribution >= 0.6 is 0 Å². The predicted octanol–water partition coefficient (Wildman–Crippen LogP) is 5.77. The average molecular weight is 598 g/mol. The molecule has 44 heavy (non-hydrogen) atoms. The minimum atomic E-state index is -0.806. The molecule has 2 N–H and O–H groups in total. The van der Waals surface area contributed by atoms with Gasteiger partial charge in [0.15, 0.2) is 0 Å². The Kier molecular flexibility index (Phi) is 9.04. The molecule has 1 aliphatic heterocycles. The van der Waals surface area contributed by atoms with Crippen molar-refractivity contribution in [3.8, 4) is 6.07 Å². The first-order chi connectivity index (χ1) is 20.7. The Balaban J connectivity index is 1.24. The van der Waals surface area contributed by atoms with Crippen molar-refractivity contribution in [1.29, 1.82) is 5.26 Å². The van der Waals surface area contributed by atoms with E-state index in [0.29, 0.717) is 31.1 Å². The zero-order valence-electron chi connectivity index (χ0n) is 27.4. The van der Waals surface area contributed by atoms with Crippen molar-refractivity contribution in [1.82, 2.24) is 10.6 Å². The zero-order valence-corrected chi connectivity index (χ0v) is 27.4. The van der Waals surface area contributed by atoms with E-state index in [2.05, 4.69) is 49.6 Å².